The number of nitrogens with zero attached hydrogens (tertiary/aromatic N) is 1. The average molecular weight is 394 g/mol. The van der Waals surface area contributed by atoms with Crippen LogP contribution in [0.2, 0.25) is 0 Å². The number of rotatable bonds is 6. The molecule has 0 saturated carbocycles. The number of anilines is 1. The summed E-state index contributed by atoms with van der Waals surface area (Å²) < 4.78 is 5.03. The van der Waals surface area contributed by atoms with Gasteiger partial charge in [0.15, 0.2) is 0 Å². The minimum Gasteiger partial charge on any atom is -0.370 e. The Morgan fingerprint density at radius 1 is 1.26 bits per heavy atom. The molecule has 27 heavy (non-hydrogen) atoms. The number of hydrogen-bond donors (Lipinski definition) is 2. The van der Waals surface area contributed by atoms with Crippen LogP contribution in [0.25, 0.3) is 0 Å². The lowest BCUT2D eigenvalue weighted by Gasteiger charge is -2.27. The van der Waals surface area contributed by atoms with Gasteiger partial charge in [0.05, 0.1) is 23.4 Å². The third-order valence-corrected chi connectivity index (χ3v) is 4.35. The summed E-state index contributed by atoms with van der Waals surface area (Å²) in [6.07, 6.45) is 0.0927. The molecule has 2 N–H and O–H groups in total. The normalized spacial score (nSPS) is 19.1. The van der Waals surface area contributed by atoms with Gasteiger partial charge in [-0.3, -0.25) is 34.2 Å². The standard InChI is InChI=1S/C17H16ClN3O6/c18-6-7-27-8-13(23)19-10-3-1-2-9-14(10)17(26)21(16(9)25)11-4-5-12(22)20-15(11)24/h1-3,11H,4-8H2,(H,19,23)(H,20,22,24). The van der Waals surface area contributed by atoms with E-state index in [9.17, 15) is 24.0 Å². The fourth-order valence-corrected chi connectivity index (χ4v) is 3.13. The lowest BCUT2D eigenvalue weighted by molar-refractivity contribution is -0.136. The Kier molecular flexibility index (Phi) is 5.52. The van der Waals surface area contributed by atoms with E-state index >= 15 is 0 Å². The number of imide groups is 2. The van der Waals surface area contributed by atoms with Crippen molar-refractivity contribution in [1.29, 1.82) is 0 Å². The number of benzene rings is 1. The van der Waals surface area contributed by atoms with Gasteiger partial charge in [-0.2, -0.15) is 0 Å². The number of amides is 5. The van der Waals surface area contributed by atoms with Crippen LogP contribution in [0.4, 0.5) is 5.69 Å². The van der Waals surface area contributed by atoms with Gasteiger partial charge in [0, 0.05) is 12.3 Å². The summed E-state index contributed by atoms with van der Waals surface area (Å²) in [5.41, 5.74) is 0.252. The number of ether oxygens (including phenoxy) is 1. The van der Waals surface area contributed by atoms with Gasteiger partial charge in [-0.1, -0.05) is 6.07 Å². The average Bonchev–Trinajstić information content (AvgIpc) is 2.88. The molecule has 0 aliphatic carbocycles. The molecule has 1 aromatic carbocycles. The molecule has 0 spiro atoms. The lowest BCUT2D eigenvalue weighted by atomic mass is 10.0. The third kappa shape index (κ3) is 3.69. The molecule has 1 unspecified atom stereocenters. The predicted molar refractivity (Wildman–Crippen MR) is 93.3 cm³/mol. The molecule has 5 amide bonds. The fraction of sp³-hybridized carbons (Fsp3) is 0.353. The van der Waals surface area contributed by atoms with Crippen molar-refractivity contribution in [1.82, 2.24) is 10.2 Å². The van der Waals surface area contributed by atoms with E-state index in [1.54, 1.807) is 0 Å². The number of nitrogens with one attached hydrogen (secondary N) is 2. The van der Waals surface area contributed by atoms with Crippen molar-refractivity contribution in [2.45, 2.75) is 18.9 Å². The van der Waals surface area contributed by atoms with E-state index in [4.69, 9.17) is 16.3 Å². The van der Waals surface area contributed by atoms with Gasteiger partial charge < -0.3 is 10.1 Å². The maximum Gasteiger partial charge on any atom is 0.264 e. The highest BCUT2D eigenvalue weighted by Gasteiger charge is 2.45. The number of fused-ring (bicyclic) bond motifs is 1. The summed E-state index contributed by atoms with van der Waals surface area (Å²) in [7, 11) is 0. The Morgan fingerprint density at radius 3 is 2.74 bits per heavy atom. The summed E-state index contributed by atoms with van der Waals surface area (Å²) in [4.78, 5) is 61.7. The van der Waals surface area contributed by atoms with Crippen molar-refractivity contribution in [3.8, 4) is 0 Å². The number of hydrogen-bond acceptors (Lipinski definition) is 6. The minimum absolute atomic E-state index is 0.0119. The molecular formula is C17H16ClN3O6. The second-order valence-corrected chi connectivity index (χ2v) is 6.34. The molecule has 3 rings (SSSR count). The van der Waals surface area contributed by atoms with E-state index < -0.39 is 35.6 Å². The van der Waals surface area contributed by atoms with Gasteiger partial charge in [-0.15, -0.1) is 11.6 Å². The maximum absolute atomic E-state index is 12.8. The van der Waals surface area contributed by atoms with E-state index in [1.807, 2.05) is 0 Å². The molecule has 10 heteroatoms. The zero-order chi connectivity index (χ0) is 19.6. The van der Waals surface area contributed by atoms with Crippen LogP contribution in [0.5, 0.6) is 0 Å². The van der Waals surface area contributed by atoms with Gasteiger partial charge in [0.2, 0.25) is 17.7 Å². The molecule has 2 aliphatic rings. The van der Waals surface area contributed by atoms with Crippen molar-refractivity contribution >= 4 is 46.8 Å². The minimum atomic E-state index is -1.06. The highest BCUT2D eigenvalue weighted by Crippen LogP contribution is 2.32. The summed E-state index contributed by atoms with van der Waals surface area (Å²) in [6, 6.07) is 3.39. The van der Waals surface area contributed by atoms with E-state index in [0.29, 0.717) is 0 Å². The molecule has 2 heterocycles. The molecule has 0 aromatic heterocycles. The first kappa shape index (κ1) is 19.0. The molecular weight excluding hydrogens is 378 g/mol. The molecule has 1 saturated heterocycles. The monoisotopic (exact) mass is 393 g/mol. The van der Waals surface area contributed by atoms with Gasteiger partial charge in [0.1, 0.15) is 12.6 Å². The number of alkyl halides is 1. The summed E-state index contributed by atoms with van der Waals surface area (Å²) in [5.74, 6) is -2.74. The number of piperidine rings is 1. The van der Waals surface area contributed by atoms with E-state index in [2.05, 4.69) is 10.6 Å². The van der Waals surface area contributed by atoms with E-state index in [1.165, 1.54) is 18.2 Å². The first-order valence-electron chi connectivity index (χ1n) is 8.22. The smallest absolute Gasteiger partial charge is 0.264 e. The number of halogens is 1. The Bertz CT molecular complexity index is 840. The Hall–Kier alpha value is -2.78. The van der Waals surface area contributed by atoms with Crippen LogP contribution in [0.3, 0.4) is 0 Å². The molecule has 2 aliphatic heterocycles. The topological polar surface area (TPSA) is 122 Å². The van der Waals surface area contributed by atoms with Crippen LogP contribution in [0.15, 0.2) is 18.2 Å². The lowest BCUT2D eigenvalue weighted by Crippen LogP contribution is -2.54. The Balaban J connectivity index is 1.83. The van der Waals surface area contributed by atoms with Crippen LogP contribution in [-0.4, -0.2) is 59.6 Å². The zero-order valence-electron chi connectivity index (χ0n) is 14.1. The van der Waals surface area contributed by atoms with Gasteiger partial charge in [0.25, 0.3) is 11.8 Å². The van der Waals surface area contributed by atoms with Crippen molar-refractivity contribution in [3.63, 3.8) is 0 Å². The Labute approximate surface area is 159 Å². The van der Waals surface area contributed by atoms with Crippen LogP contribution in [0, 0.1) is 0 Å². The molecule has 9 nitrogen and oxygen atoms in total. The zero-order valence-corrected chi connectivity index (χ0v) is 14.9. The second kappa shape index (κ2) is 7.85. The summed E-state index contributed by atoms with van der Waals surface area (Å²) >= 11 is 5.47. The van der Waals surface area contributed by atoms with Crippen molar-refractivity contribution < 1.29 is 28.7 Å². The molecule has 1 fully saturated rings. The van der Waals surface area contributed by atoms with Crippen molar-refractivity contribution in [2.75, 3.05) is 24.4 Å². The van der Waals surface area contributed by atoms with E-state index in [-0.39, 0.29) is 48.7 Å². The molecule has 1 atom stereocenters. The quantitative estimate of drug-likeness (QED) is 0.407. The molecule has 0 bridgehead atoms. The third-order valence-electron chi connectivity index (χ3n) is 4.20. The molecule has 142 valence electrons. The number of carbonyl (C=O) groups excluding carboxylic acids is 5. The first-order valence-corrected chi connectivity index (χ1v) is 8.75. The highest BCUT2D eigenvalue weighted by molar-refractivity contribution is 6.26. The van der Waals surface area contributed by atoms with Crippen molar-refractivity contribution in [3.05, 3.63) is 29.3 Å². The van der Waals surface area contributed by atoms with Gasteiger partial charge >= 0.3 is 0 Å². The van der Waals surface area contributed by atoms with Crippen LogP contribution in [-0.2, 0) is 19.1 Å². The highest BCUT2D eigenvalue weighted by atomic mass is 35.5. The number of carbonyl (C=O) groups is 5. The molecule has 0 radical (unpaired) electrons. The fourth-order valence-electron chi connectivity index (χ4n) is 3.02. The van der Waals surface area contributed by atoms with Gasteiger partial charge in [-0.05, 0) is 18.6 Å². The molecule has 1 aromatic rings. The first-order chi connectivity index (χ1) is 12.9. The maximum atomic E-state index is 12.8. The summed E-state index contributed by atoms with van der Waals surface area (Å²) in [6.45, 7) is -0.0576. The largest absolute Gasteiger partial charge is 0.370 e. The summed E-state index contributed by atoms with van der Waals surface area (Å²) in [5, 5.41) is 4.66. The van der Waals surface area contributed by atoms with Crippen LogP contribution < -0.4 is 10.6 Å². The van der Waals surface area contributed by atoms with Gasteiger partial charge in [-0.25, -0.2) is 0 Å². The van der Waals surface area contributed by atoms with E-state index in [0.717, 1.165) is 4.90 Å². The Morgan fingerprint density at radius 2 is 2.04 bits per heavy atom. The van der Waals surface area contributed by atoms with Crippen LogP contribution in [0.1, 0.15) is 33.6 Å². The van der Waals surface area contributed by atoms with Crippen molar-refractivity contribution in [2.24, 2.45) is 0 Å². The second-order valence-electron chi connectivity index (χ2n) is 5.97. The predicted octanol–water partition coefficient (Wildman–Crippen LogP) is 0.282. The van der Waals surface area contributed by atoms with Crippen LogP contribution >= 0.6 is 11.6 Å². The SMILES string of the molecule is O=C1CCC(N2C(=O)c3cccc(NC(=O)COCCCl)c3C2=O)C(=O)N1.